The minimum Gasteiger partial charge on any atom is -0.447 e. The third-order valence-electron chi connectivity index (χ3n) is 4.02. The van der Waals surface area contributed by atoms with Gasteiger partial charge in [-0.15, -0.1) is 0 Å². The molecule has 1 aliphatic rings. The SMILES string of the molecule is CC(C)c1ocnc1C(=O)N[C@@H]1CCc2ccccc2C1. The second-order valence-corrected chi connectivity index (χ2v) is 5.90. The third-order valence-corrected chi connectivity index (χ3v) is 4.02. The first-order chi connectivity index (χ1) is 10.1. The van der Waals surface area contributed by atoms with Crippen LogP contribution in [0.5, 0.6) is 0 Å². The number of nitrogens with zero attached hydrogens (tertiary/aromatic N) is 1. The van der Waals surface area contributed by atoms with Gasteiger partial charge in [0.1, 0.15) is 5.76 Å². The highest BCUT2D eigenvalue weighted by molar-refractivity contribution is 5.93. The molecule has 1 N–H and O–H groups in total. The number of oxazole rings is 1. The van der Waals surface area contributed by atoms with Gasteiger partial charge in [-0.05, 0) is 30.4 Å². The minimum absolute atomic E-state index is 0.128. The van der Waals surface area contributed by atoms with Crippen molar-refractivity contribution in [3.63, 3.8) is 0 Å². The van der Waals surface area contributed by atoms with Crippen LogP contribution in [0.2, 0.25) is 0 Å². The molecule has 21 heavy (non-hydrogen) atoms. The first kappa shape index (κ1) is 13.9. The lowest BCUT2D eigenvalue weighted by Crippen LogP contribution is -2.39. The van der Waals surface area contributed by atoms with Crippen LogP contribution in [-0.4, -0.2) is 16.9 Å². The van der Waals surface area contributed by atoms with Gasteiger partial charge in [-0.25, -0.2) is 4.98 Å². The molecule has 1 aliphatic carbocycles. The Labute approximate surface area is 124 Å². The zero-order chi connectivity index (χ0) is 14.8. The molecule has 4 heteroatoms. The van der Waals surface area contributed by atoms with Crippen molar-refractivity contribution in [2.45, 2.75) is 45.1 Å². The first-order valence-corrected chi connectivity index (χ1v) is 7.46. The number of nitrogens with one attached hydrogen (secondary N) is 1. The van der Waals surface area contributed by atoms with Crippen LogP contribution >= 0.6 is 0 Å². The summed E-state index contributed by atoms with van der Waals surface area (Å²) in [5.74, 6) is 0.681. The van der Waals surface area contributed by atoms with E-state index in [0.29, 0.717) is 11.5 Å². The highest BCUT2D eigenvalue weighted by Crippen LogP contribution is 2.22. The van der Waals surface area contributed by atoms with E-state index in [1.165, 1.54) is 17.5 Å². The highest BCUT2D eigenvalue weighted by atomic mass is 16.3. The van der Waals surface area contributed by atoms with Crippen molar-refractivity contribution < 1.29 is 9.21 Å². The van der Waals surface area contributed by atoms with Crippen molar-refractivity contribution in [2.75, 3.05) is 0 Å². The van der Waals surface area contributed by atoms with Crippen molar-refractivity contribution >= 4 is 5.91 Å². The molecule has 0 saturated heterocycles. The second-order valence-electron chi connectivity index (χ2n) is 5.90. The van der Waals surface area contributed by atoms with Crippen LogP contribution in [0.3, 0.4) is 0 Å². The van der Waals surface area contributed by atoms with E-state index in [1.54, 1.807) is 0 Å². The average molecular weight is 284 g/mol. The number of fused-ring (bicyclic) bond motifs is 1. The Bertz CT molecular complexity index is 646. The summed E-state index contributed by atoms with van der Waals surface area (Å²) in [5.41, 5.74) is 3.15. The van der Waals surface area contributed by atoms with Crippen LogP contribution in [0.15, 0.2) is 35.1 Å². The molecule has 1 amide bonds. The van der Waals surface area contributed by atoms with Crippen LogP contribution in [0.1, 0.15) is 53.6 Å². The highest BCUT2D eigenvalue weighted by Gasteiger charge is 2.24. The second kappa shape index (κ2) is 5.72. The zero-order valence-corrected chi connectivity index (χ0v) is 12.4. The number of aromatic nitrogens is 1. The summed E-state index contributed by atoms with van der Waals surface area (Å²) in [7, 11) is 0. The van der Waals surface area contributed by atoms with E-state index in [0.717, 1.165) is 19.3 Å². The van der Waals surface area contributed by atoms with Crippen molar-refractivity contribution in [2.24, 2.45) is 0 Å². The lowest BCUT2D eigenvalue weighted by atomic mass is 9.88. The Morgan fingerprint density at radius 1 is 1.33 bits per heavy atom. The summed E-state index contributed by atoms with van der Waals surface area (Å²) in [6.45, 7) is 3.99. The zero-order valence-electron chi connectivity index (χ0n) is 12.4. The van der Waals surface area contributed by atoms with Crippen LogP contribution < -0.4 is 5.32 Å². The molecule has 0 fully saturated rings. The molecule has 0 radical (unpaired) electrons. The standard InChI is InChI=1S/C17H20N2O2/c1-11(2)16-15(18-10-21-16)17(20)19-14-8-7-12-5-3-4-6-13(12)9-14/h3-6,10-11,14H,7-9H2,1-2H3,(H,19,20)/t14-/m1/s1. The molecule has 0 spiro atoms. The Morgan fingerprint density at radius 3 is 2.86 bits per heavy atom. The molecule has 0 aliphatic heterocycles. The Morgan fingerprint density at radius 2 is 2.10 bits per heavy atom. The number of rotatable bonds is 3. The Balaban J connectivity index is 1.70. The molecular formula is C17H20N2O2. The van der Waals surface area contributed by atoms with Crippen LogP contribution in [-0.2, 0) is 12.8 Å². The van der Waals surface area contributed by atoms with Crippen molar-refractivity contribution in [3.8, 4) is 0 Å². The summed E-state index contributed by atoms with van der Waals surface area (Å²) in [4.78, 5) is 16.4. The van der Waals surface area contributed by atoms with Crippen LogP contribution in [0, 0.1) is 0 Å². The van der Waals surface area contributed by atoms with Crippen molar-refractivity contribution in [3.05, 3.63) is 53.2 Å². The largest absolute Gasteiger partial charge is 0.447 e. The molecule has 4 nitrogen and oxygen atoms in total. The number of carbonyl (C=O) groups excluding carboxylic acids is 1. The molecule has 0 bridgehead atoms. The fraction of sp³-hybridized carbons (Fsp3) is 0.412. The Kier molecular flexibility index (Phi) is 3.78. The van der Waals surface area contributed by atoms with E-state index >= 15 is 0 Å². The number of amides is 1. The maximum absolute atomic E-state index is 12.4. The minimum atomic E-state index is -0.128. The first-order valence-electron chi connectivity index (χ1n) is 7.46. The van der Waals surface area contributed by atoms with E-state index in [9.17, 15) is 4.79 Å². The van der Waals surface area contributed by atoms with Crippen LogP contribution in [0.25, 0.3) is 0 Å². The molecule has 0 unspecified atom stereocenters. The van der Waals surface area contributed by atoms with Gasteiger partial charge in [0.25, 0.3) is 5.91 Å². The van der Waals surface area contributed by atoms with Gasteiger partial charge < -0.3 is 9.73 Å². The van der Waals surface area contributed by atoms with Gasteiger partial charge in [-0.3, -0.25) is 4.79 Å². The predicted molar refractivity (Wildman–Crippen MR) is 80.3 cm³/mol. The molecule has 1 aromatic heterocycles. The van der Waals surface area contributed by atoms with E-state index in [2.05, 4.69) is 34.6 Å². The predicted octanol–water partition coefficient (Wildman–Crippen LogP) is 3.09. The quantitative estimate of drug-likeness (QED) is 0.942. The summed E-state index contributed by atoms with van der Waals surface area (Å²) >= 11 is 0. The summed E-state index contributed by atoms with van der Waals surface area (Å²) in [5, 5.41) is 3.10. The molecule has 1 heterocycles. The third kappa shape index (κ3) is 2.84. The lowest BCUT2D eigenvalue weighted by molar-refractivity contribution is 0.0926. The fourth-order valence-corrected chi connectivity index (χ4v) is 2.91. The van der Waals surface area contributed by atoms with Gasteiger partial charge >= 0.3 is 0 Å². The number of hydrogen-bond acceptors (Lipinski definition) is 3. The van der Waals surface area contributed by atoms with Crippen molar-refractivity contribution in [1.29, 1.82) is 0 Å². The molecular weight excluding hydrogens is 264 g/mol. The van der Waals surface area contributed by atoms with Crippen molar-refractivity contribution in [1.82, 2.24) is 10.3 Å². The molecule has 0 saturated carbocycles. The molecule has 110 valence electrons. The molecule has 1 atom stereocenters. The normalized spacial score (nSPS) is 17.6. The average Bonchev–Trinajstić information content (AvgIpc) is 2.97. The maximum Gasteiger partial charge on any atom is 0.273 e. The topological polar surface area (TPSA) is 55.1 Å². The Hall–Kier alpha value is -2.10. The van der Waals surface area contributed by atoms with Gasteiger partial charge in [0.15, 0.2) is 12.1 Å². The number of benzene rings is 1. The van der Waals surface area contributed by atoms with E-state index in [-0.39, 0.29) is 17.9 Å². The number of hydrogen-bond donors (Lipinski definition) is 1. The van der Waals surface area contributed by atoms with Gasteiger partial charge in [-0.2, -0.15) is 0 Å². The lowest BCUT2D eigenvalue weighted by Gasteiger charge is -2.25. The van der Waals surface area contributed by atoms with E-state index in [4.69, 9.17) is 4.42 Å². The van der Waals surface area contributed by atoms with E-state index in [1.807, 2.05) is 13.8 Å². The summed E-state index contributed by atoms with van der Waals surface area (Å²) < 4.78 is 5.32. The molecule has 2 aromatic rings. The number of aryl methyl sites for hydroxylation is 1. The monoisotopic (exact) mass is 284 g/mol. The van der Waals surface area contributed by atoms with Gasteiger partial charge in [0.05, 0.1) is 0 Å². The fourth-order valence-electron chi connectivity index (χ4n) is 2.91. The number of carbonyl (C=O) groups is 1. The smallest absolute Gasteiger partial charge is 0.273 e. The molecule has 3 rings (SSSR count). The summed E-state index contributed by atoms with van der Waals surface area (Å²) in [6, 6.07) is 8.61. The van der Waals surface area contributed by atoms with Gasteiger partial charge in [0, 0.05) is 12.0 Å². The van der Waals surface area contributed by atoms with E-state index < -0.39 is 0 Å². The van der Waals surface area contributed by atoms with Crippen LogP contribution in [0.4, 0.5) is 0 Å². The maximum atomic E-state index is 12.4. The molecule has 1 aromatic carbocycles. The summed E-state index contributed by atoms with van der Waals surface area (Å²) in [6.07, 6.45) is 4.21. The van der Waals surface area contributed by atoms with Gasteiger partial charge in [-0.1, -0.05) is 38.1 Å². The van der Waals surface area contributed by atoms with Gasteiger partial charge in [0.2, 0.25) is 0 Å².